The van der Waals surface area contributed by atoms with Crippen molar-refractivity contribution in [1.82, 2.24) is 4.98 Å². The third kappa shape index (κ3) is 2.78. The van der Waals surface area contributed by atoms with E-state index in [1.165, 1.54) is 4.70 Å². The fourth-order valence-electron chi connectivity index (χ4n) is 2.20. The van der Waals surface area contributed by atoms with Crippen molar-refractivity contribution in [3.63, 3.8) is 0 Å². The zero-order chi connectivity index (χ0) is 14.7. The van der Waals surface area contributed by atoms with Gasteiger partial charge in [-0.25, -0.2) is 0 Å². The highest BCUT2D eigenvalue weighted by molar-refractivity contribution is 7.17. The van der Waals surface area contributed by atoms with Gasteiger partial charge < -0.3 is 14.8 Å². The van der Waals surface area contributed by atoms with Crippen LogP contribution in [0.25, 0.3) is 10.2 Å². The molecule has 0 radical (unpaired) electrons. The van der Waals surface area contributed by atoms with Crippen LogP contribution in [0.5, 0.6) is 11.5 Å². The van der Waals surface area contributed by atoms with E-state index in [-0.39, 0.29) is 0 Å². The maximum atomic E-state index is 5.42. The van der Waals surface area contributed by atoms with Crippen molar-refractivity contribution in [2.75, 3.05) is 19.5 Å². The van der Waals surface area contributed by atoms with Crippen LogP contribution in [-0.4, -0.2) is 19.2 Å². The molecule has 3 rings (SSSR count). The van der Waals surface area contributed by atoms with Crippen molar-refractivity contribution >= 4 is 27.2 Å². The van der Waals surface area contributed by atoms with Crippen molar-refractivity contribution in [3.8, 4) is 11.5 Å². The van der Waals surface area contributed by atoms with Crippen molar-refractivity contribution in [2.24, 2.45) is 0 Å². The molecule has 0 spiro atoms. The molecule has 4 nitrogen and oxygen atoms in total. The molecule has 0 saturated heterocycles. The standard InChI is InChI=1S/C16H16N2O2S/c1-19-12-4-3-11(15(9-12)20-2)10-18-13-5-7-17-14-6-8-21-16(13)14/h3-9H,10H2,1-2H3,(H,17,18). The summed E-state index contributed by atoms with van der Waals surface area (Å²) in [6, 6.07) is 9.86. The number of thiophene rings is 1. The van der Waals surface area contributed by atoms with Gasteiger partial charge in [-0.15, -0.1) is 11.3 Å². The van der Waals surface area contributed by atoms with Crippen molar-refractivity contribution in [1.29, 1.82) is 0 Å². The summed E-state index contributed by atoms with van der Waals surface area (Å²) in [7, 11) is 3.32. The minimum atomic E-state index is 0.685. The van der Waals surface area contributed by atoms with Gasteiger partial charge in [-0.2, -0.15) is 0 Å². The third-order valence-electron chi connectivity index (χ3n) is 3.31. The molecule has 0 atom stereocenters. The Balaban J connectivity index is 1.83. The number of nitrogens with one attached hydrogen (secondary N) is 1. The van der Waals surface area contributed by atoms with Gasteiger partial charge in [0.15, 0.2) is 0 Å². The molecule has 3 aromatic rings. The van der Waals surface area contributed by atoms with E-state index in [1.54, 1.807) is 25.6 Å². The number of fused-ring (bicyclic) bond motifs is 1. The Labute approximate surface area is 127 Å². The summed E-state index contributed by atoms with van der Waals surface area (Å²) in [5.74, 6) is 1.61. The van der Waals surface area contributed by atoms with E-state index >= 15 is 0 Å². The number of nitrogens with zero attached hydrogens (tertiary/aromatic N) is 1. The normalized spacial score (nSPS) is 10.6. The molecule has 0 fully saturated rings. The molecular weight excluding hydrogens is 284 g/mol. The number of hydrogen-bond donors (Lipinski definition) is 1. The number of pyridine rings is 1. The number of benzene rings is 1. The van der Waals surface area contributed by atoms with Crippen LogP contribution in [0.2, 0.25) is 0 Å². The van der Waals surface area contributed by atoms with Crippen LogP contribution in [0.3, 0.4) is 0 Å². The first-order chi connectivity index (χ1) is 10.3. The number of rotatable bonds is 5. The predicted molar refractivity (Wildman–Crippen MR) is 86.5 cm³/mol. The first kappa shape index (κ1) is 13.7. The molecular formula is C16H16N2O2S. The fourth-order valence-corrected chi connectivity index (χ4v) is 3.04. The molecule has 1 aromatic carbocycles. The zero-order valence-corrected chi connectivity index (χ0v) is 12.7. The van der Waals surface area contributed by atoms with Gasteiger partial charge >= 0.3 is 0 Å². The highest BCUT2D eigenvalue weighted by Gasteiger charge is 2.07. The summed E-state index contributed by atoms with van der Waals surface area (Å²) in [4.78, 5) is 4.34. The largest absolute Gasteiger partial charge is 0.497 e. The van der Waals surface area contributed by atoms with Crippen LogP contribution in [0.4, 0.5) is 5.69 Å². The summed E-state index contributed by atoms with van der Waals surface area (Å²) < 4.78 is 11.8. The van der Waals surface area contributed by atoms with E-state index in [0.29, 0.717) is 6.54 Å². The van der Waals surface area contributed by atoms with Crippen LogP contribution in [0, 0.1) is 0 Å². The minimum Gasteiger partial charge on any atom is -0.497 e. The molecule has 1 N–H and O–H groups in total. The maximum absolute atomic E-state index is 5.42. The van der Waals surface area contributed by atoms with Gasteiger partial charge in [0.2, 0.25) is 0 Å². The number of aromatic nitrogens is 1. The van der Waals surface area contributed by atoms with Gasteiger partial charge in [0, 0.05) is 24.4 Å². The summed E-state index contributed by atoms with van der Waals surface area (Å²) in [6.07, 6.45) is 1.82. The average Bonchev–Trinajstić information content (AvgIpc) is 3.01. The lowest BCUT2D eigenvalue weighted by Gasteiger charge is -2.12. The summed E-state index contributed by atoms with van der Waals surface area (Å²) >= 11 is 1.69. The second kappa shape index (κ2) is 6.01. The second-order valence-corrected chi connectivity index (χ2v) is 5.44. The molecule has 21 heavy (non-hydrogen) atoms. The molecule has 2 aromatic heterocycles. The topological polar surface area (TPSA) is 43.4 Å². The Bertz CT molecular complexity index is 755. The number of methoxy groups -OCH3 is 2. The van der Waals surface area contributed by atoms with E-state index in [1.807, 2.05) is 36.5 Å². The van der Waals surface area contributed by atoms with Gasteiger partial charge in [0.25, 0.3) is 0 Å². The molecule has 2 heterocycles. The molecule has 0 amide bonds. The first-order valence-electron chi connectivity index (χ1n) is 6.59. The Hall–Kier alpha value is -2.27. The van der Waals surface area contributed by atoms with Crippen LogP contribution >= 0.6 is 11.3 Å². The minimum absolute atomic E-state index is 0.685. The Morgan fingerprint density at radius 3 is 2.86 bits per heavy atom. The quantitative estimate of drug-likeness (QED) is 0.775. The van der Waals surface area contributed by atoms with Crippen molar-refractivity contribution in [2.45, 2.75) is 6.54 Å². The van der Waals surface area contributed by atoms with Crippen molar-refractivity contribution < 1.29 is 9.47 Å². The van der Waals surface area contributed by atoms with Crippen LogP contribution < -0.4 is 14.8 Å². The predicted octanol–water partition coefficient (Wildman–Crippen LogP) is 3.93. The van der Waals surface area contributed by atoms with Gasteiger partial charge in [0.1, 0.15) is 11.5 Å². The fraction of sp³-hybridized carbons (Fsp3) is 0.188. The lowest BCUT2D eigenvalue weighted by molar-refractivity contribution is 0.391. The number of hydrogen-bond acceptors (Lipinski definition) is 5. The lowest BCUT2D eigenvalue weighted by Crippen LogP contribution is -2.02. The highest BCUT2D eigenvalue weighted by atomic mass is 32.1. The average molecular weight is 300 g/mol. The van der Waals surface area contributed by atoms with Crippen molar-refractivity contribution in [3.05, 3.63) is 47.5 Å². The van der Waals surface area contributed by atoms with E-state index < -0.39 is 0 Å². The molecule has 0 aliphatic carbocycles. The van der Waals surface area contributed by atoms with Gasteiger partial charge in [-0.05, 0) is 29.6 Å². The number of ether oxygens (including phenoxy) is 2. The molecule has 0 aliphatic heterocycles. The van der Waals surface area contributed by atoms with Crippen LogP contribution in [0.15, 0.2) is 41.9 Å². The highest BCUT2D eigenvalue weighted by Crippen LogP contribution is 2.29. The summed E-state index contributed by atoms with van der Waals surface area (Å²) in [5, 5.41) is 5.50. The third-order valence-corrected chi connectivity index (χ3v) is 4.24. The molecule has 5 heteroatoms. The van der Waals surface area contributed by atoms with E-state index in [2.05, 4.69) is 15.7 Å². The lowest BCUT2D eigenvalue weighted by atomic mass is 10.2. The first-order valence-corrected chi connectivity index (χ1v) is 7.47. The van der Waals surface area contributed by atoms with E-state index in [4.69, 9.17) is 9.47 Å². The Kier molecular flexibility index (Phi) is 3.92. The maximum Gasteiger partial charge on any atom is 0.127 e. The summed E-state index contributed by atoms with van der Waals surface area (Å²) in [5.41, 5.74) is 3.19. The molecule has 108 valence electrons. The molecule has 0 saturated carbocycles. The molecule has 0 bridgehead atoms. The Morgan fingerprint density at radius 2 is 2.05 bits per heavy atom. The SMILES string of the molecule is COc1ccc(CNc2ccnc3ccsc23)c(OC)c1. The van der Waals surface area contributed by atoms with Gasteiger partial charge in [-0.3, -0.25) is 4.98 Å². The molecule has 0 unspecified atom stereocenters. The summed E-state index contributed by atoms with van der Waals surface area (Å²) in [6.45, 7) is 0.685. The van der Waals surface area contributed by atoms with Gasteiger partial charge in [0.05, 0.1) is 30.1 Å². The van der Waals surface area contributed by atoms with Crippen LogP contribution in [0.1, 0.15) is 5.56 Å². The van der Waals surface area contributed by atoms with Crippen LogP contribution in [-0.2, 0) is 6.54 Å². The second-order valence-electron chi connectivity index (χ2n) is 4.52. The molecule has 0 aliphatic rings. The van der Waals surface area contributed by atoms with Gasteiger partial charge in [-0.1, -0.05) is 0 Å². The smallest absolute Gasteiger partial charge is 0.127 e. The van der Waals surface area contributed by atoms with E-state index in [0.717, 1.165) is 28.3 Å². The number of anilines is 1. The monoisotopic (exact) mass is 300 g/mol. The Morgan fingerprint density at radius 1 is 1.14 bits per heavy atom. The zero-order valence-electron chi connectivity index (χ0n) is 11.9. The van der Waals surface area contributed by atoms with E-state index in [9.17, 15) is 0 Å².